The van der Waals surface area contributed by atoms with Crippen LogP contribution in [0.4, 0.5) is 0 Å². The summed E-state index contributed by atoms with van der Waals surface area (Å²) in [6.45, 7) is 1.34. The van der Waals surface area contributed by atoms with E-state index >= 15 is 0 Å². The van der Waals surface area contributed by atoms with Crippen molar-refractivity contribution in [3.8, 4) is 0 Å². The van der Waals surface area contributed by atoms with Gasteiger partial charge in [-0.25, -0.2) is 0 Å². The van der Waals surface area contributed by atoms with Gasteiger partial charge in [0.15, 0.2) is 0 Å². The van der Waals surface area contributed by atoms with Crippen molar-refractivity contribution in [2.75, 3.05) is 13.1 Å². The van der Waals surface area contributed by atoms with Gasteiger partial charge in [-0.15, -0.1) is 0 Å². The van der Waals surface area contributed by atoms with Crippen LogP contribution in [0.3, 0.4) is 0 Å². The second-order valence-corrected chi connectivity index (χ2v) is 5.41. The van der Waals surface area contributed by atoms with Crippen LogP contribution in [-0.4, -0.2) is 29.9 Å². The van der Waals surface area contributed by atoms with Crippen LogP contribution >= 0.6 is 0 Å². The molecule has 1 aromatic carbocycles. The number of hydrogen-bond donors (Lipinski definition) is 0. The van der Waals surface area contributed by atoms with Crippen molar-refractivity contribution in [2.45, 2.75) is 19.3 Å². The Kier molecular flexibility index (Phi) is 4.92. The van der Waals surface area contributed by atoms with Crippen molar-refractivity contribution < 1.29 is 33.6 Å². The molecule has 0 bridgehead atoms. The molecule has 21 heavy (non-hydrogen) atoms. The van der Waals surface area contributed by atoms with Gasteiger partial charge in [0.25, 0.3) is 0 Å². The van der Waals surface area contributed by atoms with Crippen LogP contribution in [0, 0.1) is 5.92 Å². The molecule has 1 aromatic rings. The molecule has 5 heteroatoms. The van der Waals surface area contributed by atoms with Crippen LogP contribution in [0.25, 0.3) is 5.57 Å². The molecule has 104 valence electrons. The monoisotopic (exact) mass is 277 g/mol. The number of hydrogen-bond acceptors (Lipinski definition) is 3. The maximum absolute atomic E-state index is 12.0. The standard InChI is InChI=1S/C16H17NO3.Li/c18-15(12-4-5-12)17-8-6-11(7-9-17)13-2-1-3-14(10-13)16(19)20;/h1-3,6,10,12H,4-5,7-9H2,(H,19,20);/q;+1/p-1. The molecule has 1 saturated carbocycles. The number of carboxylic acid groups (broad SMARTS) is 1. The van der Waals surface area contributed by atoms with Gasteiger partial charge in [-0.05, 0) is 42.0 Å². The zero-order chi connectivity index (χ0) is 14.1. The van der Waals surface area contributed by atoms with E-state index in [1.807, 2.05) is 17.0 Å². The van der Waals surface area contributed by atoms with E-state index in [0.29, 0.717) is 6.54 Å². The van der Waals surface area contributed by atoms with Gasteiger partial charge in [0.2, 0.25) is 5.91 Å². The number of carbonyl (C=O) groups excluding carboxylic acids is 2. The maximum Gasteiger partial charge on any atom is 1.00 e. The normalized spacial score (nSPS) is 17.7. The maximum atomic E-state index is 12.0. The van der Waals surface area contributed by atoms with Crippen LogP contribution in [0.15, 0.2) is 30.3 Å². The number of nitrogens with zero attached hydrogens (tertiary/aromatic N) is 1. The summed E-state index contributed by atoms with van der Waals surface area (Å²) in [6, 6.07) is 6.80. The van der Waals surface area contributed by atoms with E-state index in [0.717, 1.165) is 36.9 Å². The molecule has 0 radical (unpaired) electrons. The number of benzene rings is 1. The third kappa shape index (κ3) is 3.58. The van der Waals surface area contributed by atoms with E-state index < -0.39 is 5.97 Å². The molecule has 0 atom stereocenters. The zero-order valence-electron chi connectivity index (χ0n) is 12.2. The number of amides is 1. The minimum atomic E-state index is -1.16. The Morgan fingerprint density at radius 2 is 2.00 bits per heavy atom. The Morgan fingerprint density at radius 3 is 2.57 bits per heavy atom. The van der Waals surface area contributed by atoms with Crippen LogP contribution in [0.2, 0.25) is 0 Å². The average molecular weight is 277 g/mol. The molecule has 3 rings (SSSR count). The molecule has 0 unspecified atom stereocenters. The van der Waals surface area contributed by atoms with E-state index in [1.165, 1.54) is 6.07 Å². The Bertz CT molecular complexity index is 593. The van der Waals surface area contributed by atoms with Gasteiger partial charge in [-0.3, -0.25) is 4.79 Å². The number of aromatic carboxylic acids is 1. The fourth-order valence-corrected chi connectivity index (χ4v) is 2.57. The topological polar surface area (TPSA) is 60.4 Å². The largest absolute Gasteiger partial charge is 1.00 e. The molecular weight excluding hydrogens is 261 g/mol. The second kappa shape index (κ2) is 6.51. The summed E-state index contributed by atoms with van der Waals surface area (Å²) < 4.78 is 0. The molecule has 1 aliphatic heterocycles. The first-order chi connectivity index (χ1) is 9.65. The quantitative estimate of drug-likeness (QED) is 0.605. The first kappa shape index (κ1) is 15.9. The molecule has 2 aliphatic rings. The van der Waals surface area contributed by atoms with Gasteiger partial charge in [-0.2, -0.15) is 0 Å². The average Bonchev–Trinajstić information content (AvgIpc) is 3.31. The summed E-state index contributed by atoms with van der Waals surface area (Å²) >= 11 is 0. The Labute approximate surface area is 136 Å². The third-order valence-electron chi connectivity index (χ3n) is 3.92. The van der Waals surface area contributed by atoms with E-state index in [2.05, 4.69) is 0 Å². The van der Waals surface area contributed by atoms with Gasteiger partial charge >= 0.3 is 18.9 Å². The molecular formula is C16H16LiNO3. The van der Waals surface area contributed by atoms with E-state index in [1.54, 1.807) is 12.1 Å². The van der Waals surface area contributed by atoms with Crippen molar-refractivity contribution >= 4 is 17.4 Å². The molecule has 1 heterocycles. The van der Waals surface area contributed by atoms with Gasteiger partial charge < -0.3 is 14.8 Å². The van der Waals surface area contributed by atoms with Crippen LogP contribution < -0.4 is 24.0 Å². The summed E-state index contributed by atoms with van der Waals surface area (Å²) in [5.41, 5.74) is 2.21. The van der Waals surface area contributed by atoms with Crippen LogP contribution in [-0.2, 0) is 4.79 Å². The van der Waals surface area contributed by atoms with Gasteiger partial charge in [0.1, 0.15) is 0 Å². The summed E-state index contributed by atoms with van der Waals surface area (Å²) in [5.74, 6) is -0.635. The minimum absolute atomic E-state index is 0. The Hall–Kier alpha value is -1.50. The van der Waals surface area contributed by atoms with E-state index in [-0.39, 0.29) is 36.2 Å². The smallest absolute Gasteiger partial charge is 0.545 e. The first-order valence-electron chi connectivity index (χ1n) is 6.95. The molecule has 0 N–H and O–H groups in total. The van der Waals surface area contributed by atoms with Crippen molar-refractivity contribution in [1.29, 1.82) is 0 Å². The zero-order valence-corrected chi connectivity index (χ0v) is 12.2. The minimum Gasteiger partial charge on any atom is -0.545 e. The predicted molar refractivity (Wildman–Crippen MR) is 72.7 cm³/mol. The predicted octanol–water partition coefficient (Wildman–Crippen LogP) is -1.92. The molecule has 1 amide bonds. The molecule has 0 aromatic heterocycles. The number of carboxylic acids is 1. The van der Waals surface area contributed by atoms with Crippen molar-refractivity contribution in [1.82, 2.24) is 4.90 Å². The Morgan fingerprint density at radius 1 is 1.24 bits per heavy atom. The summed E-state index contributed by atoms with van der Waals surface area (Å²) in [6.07, 6.45) is 4.85. The Balaban J connectivity index is 0.00000161. The molecule has 4 nitrogen and oxygen atoms in total. The second-order valence-electron chi connectivity index (χ2n) is 5.41. The number of carbonyl (C=O) groups is 2. The van der Waals surface area contributed by atoms with Crippen LogP contribution in [0.5, 0.6) is 0 Å². The van der Waals surface area contributed by atoms with Crippen molar-refractivity contribution in [2.24, 2.45) is 5.92 Å². The van der Waals surface area contributed by atoms with Crippen LogP contribution in [0.1, 0.15) is 35.2 Å². The molecule has 0 saturated heterocycles. The summed E-state index contributed by atoms with van der Waals surface area (Å²) in [4.78, 5) is 24.7. The van der Waals surface area contributed by atoms with Gasteiger partial charge in [-0.1, -0.05) is 24.3 Å². The summed E-state index contributed by atoms with van der Waals surface area (Å²) in [7, 11) is 0. The fourth-order valence-electron chi connectivity index (χ4n) is 2.57. The SMILES string of the molecule is O=C([O-])c1cccc(C2=CCN(C(=O)C3CC3)CC2)c1.[Li+]. The molecule has 1 fully saturated rings. The molecule has 1 aliphatic carbocycles. The third-order valence-corrected chi connectivity index (χ3v) is 3.92. The number of rotatable bonds is 3. The van der Waals surface area contributed by atoms with Crippen molar-refractivity contribution in [3.63, 3.8) is 0 Å². The van der Waals surface area contributed by atoms with E-state index in [9.17, 15) is 14.7 Å². The van der Waals surface area contributed by atoms with Crippen molar-refractivity contribution in [3.05, 3.63) is 41.5 Å². The molecule has 0 spiro atoms. The summed E-state index contributed by atoms with van der Waals surface area (Å²) in [5, 5.41) is 10.9. The van der Waals surface area contributed by atoms with E-state index in [4.69, 9.17) is 0 Å². The van der Waals surface area contributed by atoms with Gasteiger partial charge in [0.05, 0.1) is 5.97 Å². The van der Waals surface area contributed by atoms with Gasteiger partial charge in [0, 0.05) is 19.0 Å². The first-order valence-corrected chi connectivity index (χ1v) is 6.95. The fraction of sp³-hybridized carbons (Fsp3) is 0.375.